The molecule has 0 aromatic heterocycles. The first kappa shape index (κ1) is 17.3. The fourth-order valence-corrected chi connectivity index (χ4v) is 1.92. The van der Waals surface area contributed by atoms with Crippen molar-refractivity contribution < 1.29 is 14.3 Å². The second-order valence-corrected chi connectivity index (χ2v) is 4.68. The SMILES string of the molecule is CCOCCCNC(=O)[C@@H](CC)Nc1cccc(OC)c1. The number of amides is 1. The Hall–Kier alpha value is -1.75. The molecule has 1 amide bonds. The molecule has 0 aliphatic heterocycles. The number of carbonyl (C=O) groups is 1. The summed E-state index contributed by atoms with van der Waals surface area (Å²) in [5, 5.41) is 6.16. The minimum absolute atomic E-state index is 0.0109. The van der Waals surface area contributed by atoms with Gasteiger partial charge in [0.2, 0.25) is 5.91 Å². The number of ether oxygens (including phenoxy) is 2. The van der Waals surface area contributed by atoms with E-state index in [1.165, 1.54) is 0 Å². The summed E-state index contributed by atoms with van der Waals surface area (Å²) in [5.74, 6) is 0.781. The summed E-state index contributed by atoms with van der Waals surface area (Å²) in [6.07, 6.45) is 1.55. The molecule has 0 unspecified atom stereocenters. The molecule has 1 rings (SSSR count). The Kier molecular flexibility index (Phi) is 8.28. The Balaban J connectivity index is 2.43. The van der Waals surface area contributed by atoms with Crippen LogP contribution in [0.1, 0.15) is 26.7 Å². The van der Waals surface area contributed by atoms with Crippen LogP contribution in [0, 0.1) is 0 Å². The predicted molar refractivity (Wildman–Crippen MR) is 84.8 cm³/mol. The smallest absolute Gasteiger partial charge is 0.242 e. The molecule has 0 aliphatic carbocycles. The highest BCUT2D eigenvalue weighted by Gasteiger charge is 2.15. The number of benzene rings is 1. The van der Waals surface area contributed by atoms with Crippen LogP contribution in [0.15, 0.2) is 24.3 Å². The van der Waals surface area contributed by atoms with Crippen LogP contribution in [0.3, 0.4) is 0 Å². The average molecular weight is 294 g/mol. The zero-order valence-electron chi connectivity index (χ0n) is 13.1. The minimum Gasteiger partial charge on any atom is -0.497 e. The van der Waals surface area contributed by atoms with Gasteiger partial charge in [0.25, 0.3) is 0 Å². The lowest BCUT2D eigenvalue weighted by atomic mass is 10.2. The molecular weight excluding hydrogens is 268 g/mol. The maximum absolute atomic E-state index is 12.1. The van der Waals surface area contributed by atoms with Crippen molar-refractivity contribution in [3.63, 3.8) is 0 Å². The number of methoxy groups -OCH3 is 1. The number of hydrogen-bond acceptors (Lipinski definition) is 4. The van der Waals surface area contributed by atoms with Gasteiger partial charge in [-0.3, -0.25) is 4.79 Å². The Labute approximate surface area is 127 Å². The monoisotopic (exact) mass is 294 g/mol. The summed E-state index contributed by atoms with van der Waals surface area (Å²) in [4.78, 5) is 12.1. The standard InChI is InChI=1S/C16H26N2O3/c1-4-15(16(19)17-10-7-11-21-5-2)18-13-8-6-9-14(12-13)20-3/h6,8-9,12,15,18H,4-5,7,10-11H2,1-3H3,(H,17,19)/t15-/m1/s1. The molecule has 0 aliphatic rings. The normalized spacial score (nSPS) is 11.8. The van der Waals surface area contributed by atoms with Crippen molar-refractivity contribution in [3.05, 3.63) is 24.3 Å². The number of rotatable bonds is 10. The molecule has 0 radical (unpaired) electrons. The largest absolute Gasteiger partial charge is 0.497 e. The van der Waals surface area contributed by atoms with Crippen LogP contribution in [-0.2, 0) is 9.53 Å². The van der Waals surface area contributed by atoms with E-state index in [1.54, 1.807) is 7.11 Å². The molecule has 2 N–H and O–H groups in total. The zero-order chi connectivity index (χ0) is 15.5. The van der Waals surface area contributed by atoms with Crippen molar-refractivity contribution in [2.24, 2.45) is 0 Å². The van der Waals surface area contributed by atoms with Crippen LogP contribution in [0.5, 0.6) is 5.75 Å². The first-order chi connectivity index (χ1) is 10.2. The third-order valence-electron chi connectivity index (χ3n) is 3.10. The third-order valence-corrected chi connectivity index (χ3v) is 3.10. The van der Waals surface area contributed by atoms with E-state index >= 15 is 0 Å². The topological polar surface area (TPSA) is 59.6 Å². The molecule has 0 spiro atoms. The summed E-state index contributed by atoms with van der Waals surface area (Å²) < 4.78 is 10.4. The highest BCUT2D eigenvalue weighted by atomic mass is 16.5. The lowest BCUT2D eigenvalue weighted by Gasteiger charge is -2.18. The van der Waals surface area contributed by atoms with Gasteiger partial charge in [-0.05, 0) is 31.9 Å². The third kappa shape index (κ3) is 6.49. The van der Waals surface area contributed by atoms with Crippen molar-refractivity contribution >= 4 is 11.6 Å². The second kappa shape index (κ2) is 10.0. The van der Waals surface area contributed by atoms with Crippen LogP contribution in [-0.4, -0.2) is 38.8 Å². The molecule has 0 heterocycles. The maximum Gasteiger partial charge on any atom is 0.242 e. The van der Waals surface area contributed by atoms with Gasteiger partial charge in [-0.1, -0.05) is 13.0 Å². The quantitative estimate of drug-likeness (QED) is 0.651. The van der Waals surface area contributed by atoms with Crippen molar-refractivity contribution in [3.8, 4) is 5.75 Å². The van der Waals surface area contributed by atoms with E-state index in [4.69, 9.17) is 9.47 Å². The van der Waals surface area contributed by atoms with Crippen molar-refractivity contribution in [1.29, 1.82) is 0 Å². The highest BCUT2D eigenvalue weighted by Crippen LogP contribution is 2.18. The van der Waals surface area contributed by atoms with Gasteiger partial charge < -0.3 is 20.1 Å². The van der Waals surface area contributed by atoms with Crippen LogP contribution >= 0.6 is 0 Å². The van der Waals surface area contributed by atoms with Crippen LogP contribution in [0.4, 0.5) is 5.69 Å². The minimum atomic E-state index is -0.246. The van der Waals surface area contributed by atoms with E-state index in [0.29, 0.717) is 26.2 Å². The van der Waals surface area contributed by atoms with E-state index in [0.717, 1.165) is 17.9 Å². The van der Waals surface area contributed by atoms with Crippen molar-refractivity contribution in [2.75, 3.05) is 32.2 Å². The van der Waals surface area contributed by atoms with Gasteiger partial charge in [0, 0.05) is 31.5 Å². The Bertz CT molecular complexity index is 424. The number of carbonyl (C=O) groups excluding carboxylic acids is 1. The molecule has 1 aromatic rings. The van der Waals surface area contributed by atoms with E-state index in [2.05, 4.69) is 10.6 Å². The van der Waals surface area contributed by atoms with Crippen LogP contribution < -0.4 is 15.4 Å². The number of anilines is 1. The van der Waals surface area contributed by atoms with Gasteiger partial charge in [-0.25, -0.2) is 0 Å². The van der Waals surface area contributed by atoms with Gasteiger partial charge >= 0.3 is 0 Å². The summed E-state index contributed by atoms with van der Waals surface area (Å²) in [6, 6.07) is 7.33. The van der Waals surface area contributed by atoms with Gasteiger partial charge in [0.15, 0.2) is 0 Å². The molecule has 1 atom stereocenters. The lowest BCUT2D eigenvalue weighted by molar-refractivity contribution is -0.121. The molecule has 5 heteroatoms. The number of hydrogen-bond donors (Lipinski definition) is 2. The van der Waals surface area contributed by atoms with E-state index < -0.39 is 0 Å². The van der Waals surface area contributed by atoms with E-state index in [-0.39, 0.29) is 11.9 Å². The molecule has 0 bridgehead atoms. The molecule has 21 heavy (non-hydrogen) atoms. The molecule has 5 nitrogen and oxygen atoms in total. The second-order valence-electron chi connectivity index (χ2n) is 4.68. The Morgan fingerprint density at radius 1 is 1.33 bits per heavy atom. The van der Waals surface area contributed by atoms with Gasteiger partial charge in [0.1, 0.15) is 11.8 Å². The zero-order valence-corrected chi connectivity index (χ0v) is 13.1. The summed E-state index contributed by atoms with van der Waals surface area (Å²) >= 11 is 0. The van der Waals surface area contributed by atoms with E-state index in [9.17, 15) is 4.79 Å². The van der Waals surface area contributed by atoms with Crippen LogP contribution in [0.2, 0.25) is 0 Å². The molecule has 0 saturated heterocycles. The van der Waals surface area contributed by atoms with Gasteiger partial charge in [0.05, 0.1) is 7.11 Å². The summed E-state index contributed by atoms with van der Waals surface area (Å²) in [5.41, 5.74) is 0.880. The molecule has 0 fully saturated rings. The Morgan fingerprint density at radius 2 is 2.14 bits per heavy atom. The summed E-state index contributed by atoms with van der Waals surface area (Å²) in [6.45, 7) is 5.97. The first-order valence-corrected chi connectivity index (χ1v) is 7.47. The van der Waals surface area contributed by atoms with Crippen molar-refractivity contribution in [1.82, 2.24) is 5.32 Å². The molecule has 1 aromatic carbocycles. The fourth-order valence-electron chi connectivity index (χ4n) is 1.92. The maximum atomic E-state index is 12.1. The van der Waals surface area contributed by atoms with Gasteiger partial charge in [-0.15, -0.1) is 0 Å². The average Bonchev–Trinajstić information content (AvgIpc) is 2.52. The summed E-state index contributed by atoms with van der Waals surface area (Å²) in [7, 11) is 1.63. The van der Waals surface area contributed by atoms with Gasteiger partial charge in [-0.2, -0.15) is 0 Å². The predicted octanol–water partition coefficient (Wildman–Crippen LogP) is 2.43. The molecule has 0 saturated carbocycles. The highest BCUT2D eigenvalue weighted by molar-refractivity contribution is 5.84. The fraction of sp³-hybridized carbons (Fsp3) is 0.562. The van der Waals surface area contributed by atoms with Crippen LogP contribution in [0.25, 0.3) is 0 Å². The Morgan fingerprint density at radius 3 is 2.81 bits per heavy atom. The van der Waals surface area contributed by atoms with E-state index in [1.807, 2.05) is 38.1 Å². The lowest BCUT2D eigenvalue weighted by Crippen LogP contribution is -2.39. The van der Waals surface area contributed by atoms with Crippen molar-refractivity contribution in [2.45, 2.75) is 32.7 Å². The number of nitrogens with one attached hydrogen (secondary N) is 2. The first-order valence-electron chi connectivity index (χ1n) is 7.47. The molecule has 118 valence electrons. The molecular formula is C16H26N2O3.